The van der Waals surface area contributed by atoms with E-state index in [9.17, 15) is 13.2 Å². The van der Waals surface area contributed by atoms with Crippen molar-refractivity contribution in [1.82, 2.24) is 0 Å². The van der Waals surface area contributed by atoms with Gasteiger partial charge in [-0.3, -0.25) is 0 Å². The van der Waals surface area contributed by atoms with Crippen molar-refractivity contribution in [2.45, 2.75) is 12.8 Å². The van der Waals surface area contributed by atoms with Crippen molar-refractivity contribution in [3.05, 3.63) is 41.2 Å². The average Bonchev–Trinajstić information content (AvgIpc) is 2.17. The molecule has 0 spiro atoms. The maximum absolute atomic E-state index is 13.1. The number of rotatable bonds is 4. The summed E-state index contributed by atoms with van der Waals surface area (Å²) in [6.45, 7) is 0. The Labute approximate surface area is 94.9 Å². The van der Waals surface area contributed by atoms with Crippen LogP contribution in [0.25, 0.3) is 6.08 Å². The van der Waals surface area contributed by atoms with Gasteiger partial charge in [-0.1, -0.05) is 34.1 Å². The minimum Gasteiger partial charge on any atom is -0.206 e. The Morgan fingerprint density at radius 3 is 2.60 bits per heavy atom. The lowest BCUT2D eigenvalue weighted by Crippen LogP contribution is -1.90. The molecule has 0 saturated carbocycles. The minimum absolute atomic E-state index is 0.548. The SMILES string of the molecule is Fc1cc(C=CCCBr)ccc1C(F)F. The summed E-state index contributed by atoms with van der Waals surface area (Å²) in [7, 11) is 0. The van der Waals surface area contributed by atoms with E-state index < -0.39 is 17.8 Å². The van der Waals surface area contributed by atoms with Crippen LogP contribution in [0.1, 0.15) is 24.0 Å². The highest BCUT2D eigenvalue weighted by Crippen LogP contribution is 2.23. The second-order valence-electron chi connectivity index (χ2n) is 2.96. The van der Waals surface area contributed by atoms with Gasteiger partial charge in [0.2, 0.25) is 0 Å². The van der Waals surface area contributed by atoms with E-state index >= 15 is 0 Å². The van der Waals surface area contributed by atoms with Gasteiger partial charge >= 0.3 is 0 Å². The first-order chi connectivity index (χ1) is 7.15. The van der Waals surface area contributed by atoms with Crippen molar-refractivity contribution in [2.24, 2.45) is 0 Å². The predicted molar refractivity (Wildman–Crippen MR) is 58.8 cm³/mol. The van der Waals surface area contributed by atoms with Crippen LogP contribution >= 0.6 is 15.9 Å². The fraction of sp³-hybridized carbons (Fsp3) is 0.273. The Bertz CT molecular complexity index is 348. The summed E-state index contributed by atoms with van der Waals surface area (Å²) in [5.41, 5.74) is 0.0468. The highest BCUT2D eigenvalue weighted by Gasteiger charge is 2.12. The monoisotopic (exact) mass is 278 g/mol. The lowest BCUT2D eigenvalue weighted by molar-refractivity contribution is 0.146. The molecule has 82 valence electrons. The summed E-state index contributed by atoms with van der Waals surface area (Å²) in [5.74, 6) is -0.856. The molecule has 0 saturated heterocycles. The van der Waals surface area contributed by atoms with Gasteiger partial charge < -0.3 is 0 Å². The molecule has 0 bridgehead atoms. The van der Waals surface area contributed by atoms with Crippen molar-refractivity contribution < 1.29 is 13.2 Å². The summed E-state index contributed by atoms with van der Waals surface area (Å²) in [6, 6.07) is 3.72. The third kappa shape index (κ3) is 3.70. The van der Waals surface area contributed by atoms with Gasteiger partial charge in [0.15, 0.2) is 0 Å². The Hall–Kier alpha value is -0.770. The summed E-state index contributed by atoms with van der Waals surface area (Å²) in [4.78, 5) is 0. The number of benzene rings is 1. The molecular formula is C11H10BrF3. The van der Waals surface area contributed by atoms with Crippen LogP contribution in [0.4, 0.5) is 13.2 Å². The number of allylic oxidation sites excluding steroid dienone is 1. The van der Waals surface area contributed by atoms with Crippen molar-refractivity contribution in [3.8, 4) is 0 Å². The van der Waals surface area contributed by atoms with Crippen LogP contribution in [0.3, 0.4) is 0 Å². The van der Waals surface area contributed by atoms with Crippen LogP contribution in [0.2, 0.25) is 0 Å². The van der Waals surface area contributed by atoms with Gasteiger partial charge in [0.1, 0.15) is 5.82 Å². The number of hydrogen-bond acceptors (Lipinski definition) is 0. The molecule has 0 fully saturated rings. The van der Waals surface area contributed by atoms with Gasteiger partial charge in [0, 0.05) is 5.33 Å². The number of hydrogen-bond donors (Lipinski definition) is 0. The standard InChI is InChI=1S/C11H10BrF3/c12-6-2-1-3-8-4-5-9(11(14)15)10(13)7-8/h1,3-5,7,11H,2,6H2. The van der Waals surface area contributed by atoms with Gasteiger partial charge in [0.05, 0.1) is 5.56 Å². The molecule has 0 atom stereocenters. The van der Waals surface area contributed by atoms with Crippen LogP contribution in [0, 0.1) is 5.82 Å². The van der Waals surface area contributed by atoms with E-state index in [2.05, 4.69) is 15.9 Å². The fourth-order valence-electron chi connectivity index (χ4n) is 1.11. The second-order valence-corrected chi connectivity index (χ2v) is 3.75. The number of halogens is 4. The molecule has 0 N–H and O–H groups in total. The molecule has 1 aromatic rings. The lowest BCUT2D eigenvalue weighted by atomic mass is 10.1. The van der Waals surface area contributed by atoms with Crippen LogP contribution in [0.5, 0.6) is 0 Å². The first-order valence-electron chi connectivity index (χ1n) is 4.45. The Balaban J connectivity index is 2.82. The summed E-state index contributed by atoms with van der Waals surface area (Å²) in [6.07, 6.45) is 1.62. The summed E-state index contributed by atoms with van der Waals surface area (Å²) >= 11 is 3.24. The summed E-state index contributed by atoms with van der Waals surface area (Å²) in [5, 5.41) is 0.821. The van der Waals surface area contributed by atoms with Gasteiger partial charge in [-0.2, -0.15) is 0 Å². The van der Waals surface area contributed by atoms with E-state index in [1.54, 1.807) is 6.08 Å². The average molecular weight is 279 g/mol. The Morgan fingerprint density at radius 2 is 2.07 bits per heavy atom. The van der Waals surface area contributed by atoms with Crippen molar-refractivity contribution in [3.63, 3.8) is 0 Å². The van der Waals surface area contributed by atoms with Gasteiger partial charge in [0.25, 0.3) is 6.43 Å². The molecule has 0 aromatic heterocycles. The molecule has 0 unspecified atom stereocenters. The van der Waals surface area contributed by atoms with E-state index in [1.165, 1.54) is 6.07 Å². The molecule has 0 aliphatic heterocycles. The maximum Gasteiger partial charge on any atom is 0.266 e. The van der Waals surface area contributed by atoms with Crippen LogP contribution in [-0.4, -0.2) is 5.33 Å². The topological polar surface area (TPSA) is 0 Å². The highest BCUT2D eigenvalue weighted by atomic mass is 79.9. The zero-order valence-electron chi connectivity index (χ0n) is 7.89. The van der Waals surface area contributed by atoms with E-state index in [-0.39, 0.29) is 0 Å². The van der Waals surface area contributed by atoms with Gasteiger partial charge in [-0.05, 0) is 24.1 Å². The van der Waals surface area contributed by atoms with Crippen molar-refractivity contribution in [2.75, 3.05) is 5.33 Å². The van der Waals surface area contributed by atoms with E-state index in [4.69, 9.17) is 0 Å². The van der Waals surface area contributed by atoms with E-state index in [0.29, 0.717) is 5.56 Å². The zero-order valence-corrected chi connectivity index (χ0v) is 9.48. The van der Waals surface area contributed by atoms with Gasteiger partial charge in [-0.15, -0.1) is 0 Å². The molecule has 0 amide bonds. The maximum atomic E-state index is 13.1. The van der Waals surface area contributed by atoms with Crippen molar-refractivity contribution in [1.29, 1.82) is 0 Å². The quantitative estimate of drug-likeness (QED) is 0.709. The summed E-state index contributed by atoms with van der Waals surface area (Å²) < 4.78 is 37.5. The molecule has 0 nitrogen and oxygen atoms in total. The lowest BCUT2D eigenvalue weighted by Gasteiger charge is -2.02. The normalized spacial score (nSPS) is 11.5. The third-order valence-electron chi connectivity index (χ3n) is 1.85. The molecule has 15 heavy (non-hydrogen) atoms. The molecule has 1 aromatic carbocycles. The highest BCUT2D eigenvalue weighted by molar-refractivity contribution is 9.09. The zero-order chi connectivity index (χ0) is 11.3. The van der Waals surface area contributed by atoms with E-state index in [0.717, 1.165) is 23.9 Å². The molecular weight excluding hydrogens is 269 g/mol. The fourth-order valence-corrected chi connectivity index (χ4v) is 1.37. The van der Waals surface area contributed by atoms with Crippen LogP contribution in [0.15, 0.2) is 24.3 Å². The first-order valence-corrected chi connectivity index (χ1v) is 5.57. The molecule has 0 heterocycles. The number of alkyl halides is 3. The van der Waals surface area contributed by atoms with Gasteiger partial charge in [-0.25, -0.2) is 13.2 Å². The van der Waals surface area contributed by atoms with Crippen LogP contribution in [-0.2, 0) is 0 Å². The largest absolute Gasteiger partial charge is 0.266 e. The van der Waals surface area contributed by atoms with E-state index in [1.807, 2.05) is 6.08 Å². The second kappa shape index (κ2) is 5.95. The Morgan fingerprint density at radius 1 is 1.33 bits per heavy atom. The molecule has 0 aliphatic carbocycles. The predicted octanol–water partition coefficient (Wildman–Crippen LogP) is 4.56. The van der Waals surface area contributed by atoms with Crippen LogP contribution < -0.4 is 0 Å². The molecule has 0 radical (unpaired) electrons. The smallest absolute Gasteiger partial charge is 0.206 e. The third-order valence-corrected chi connectivity index (χ3v) is 2.30. The Kier molecular flexibility index (Phi) is 4.88. The minimum atomic E-state index is -2.76. The molecule has 0 aliphatic rings. The molecule has 4 heteroatoms. The van der Waals surface area contributed by atoms with Crippen molar-refractivity contribution >= 4 is 22.0 Å². The first kappa shape index (κ1) is 12.3. The molecule has 1 rings (SSSR count).